The van der Waals surface area contributed by atoms with Gasteiger partial charge in [-0.3, -0.25) is 9.59 Å². The number of amides is 2. The monoisotopic (exact) mass is 459 g/mol. The first-order chi connectivity index (χ1) is 15.1. The summed E-state index contributed by atoms with van der Waals surface area (Å²) >= 11 is 7.46. The van der Waals surface area contributed by atoms with Crippen molar-refractivity contribution in [1.82, 2.24) is 9.80 Å². The molecule has 1 aromatic carbocycles. The molecule has 1 unspecified atom stereocenters. The third-order valence-electron chi connectivity index (χ3n) is 5.76. The molecule has 0 saturated carbocycles. The van der Waals surface area contributed by atoms with E-state index in [2.05, 4.69) is 12.1 Å². The Balaban J connectivity index is 1.36. The third kappa shape index (κ3) is 4.93. The van der Waals surface area contributed by atoms with Gasteiger partial charge in [0.05, 0.1) is 9.21 Å². The smallest absolute Gasteiger partial charge is 0.267 e. The van der Waals surface area contributed by atoms with Gasteiger partial charge in [0.2, 0.25) is 6.10 Å². The largest absolute Gasteiger partial charge is 0.382 e. The van der Waals surface area contributed by atoms with Gasteiger partial charge in [0.15, 0.2) is 0 Å². The number of oxime groups is 1. The van der Waals surface area contributed by atoms with Gasteiger partial charge < -0.3 is 14.6 Å². The third-order valence-corrected chi connectivity index (χ3v) is 7.04. The number of rotatable bonds is 6. The maximum absolute atomic E-state index is 13.3. The highest BCUT2D eigenvalue weighted by molar-refractivity contribution is 7.18. The summed E-state index contributed by atoms with van der Waals surface area (Å²) in [4.78, 5) is 36.3. The Morgan fingerprint density at radius 2 is 1.94 bits per heavy atom. The lowest BCUT2D eigenvalue weighted by Crippen LogP contribution is -2.51. The zero-order valence-corrected chi connectivity index (χ0v) is 19.1. The number of hydrogen-bond donors (Lipinski definition) is 0. The number of carbonyl (C=O) groups excluding carboxylic acids is 2. The highest BCUT2D eigenvalue weighted by atomic mass is 35.5. The van der Waals surface area contributed by atoms with Gasteiger partial charge >= 0.3 is 0 Å². The van der Waals surface area contributed by atoms with Crippen LogP contribution in [0.25, 0.3) is 0 Å². The van der Waals surface area contributed by atoms with Gasteiger partial charge in [0, 0.05) is 37.7 Å². The number of likely N-dealkylation sites (tertiary alicyclic amines) is 1. The molecule has 1 fully saturated rings. The van der Waals surface area contributed by atoms with Gasteiger partial charge in [-0.15, -0.1) is 11.3 Å². The van der Waals surface area contributed by atoms with E-state index in [9.17, 15) is 9.59 Å². The molecule has 1 atom stereocenters. The first kappa shape index (κ1) is 21.8. The molecule has 4 rings (SSSR count). The minimum absolute atomic E-state index is 0.0175. The van der Waals surface area contributed by atoms with Gasteiger partial charge in [0.1, 0.15) is 5.71 Å². The molecule has 0 N–H and O–H groups in total. The maximum Gasteiger partial charge on any atom is 0.267 e. The van der Waals surface area contributed by atoms with Crippen molar-refractivity contribution in [2.45, 2.75) is 44.8 Å². The Hall–Kier alpha value is -2.38. The quantitative estimate of drug-likeness (QED) is 0.641. The Morgan fingerprint density at radius 3 is 2.58 bits per heavy atom. The predicted molar refractivity (Wildman–Crippen MR) is 123 cm³/mol. The SMILES string of the molecule is CCCN(C(=O)C1CC(c2ccc(Cl)s2)=NO1)C1CCN(C(=O)c2ccccc2)CC1. The standard InChI is InChI=1S/C23H26ClN3O3S/c1-2-12-27(23(29)19-15-18(25-30-19)20-8-9-21(24)31-20)17-10-13-26(14-11-17)22(28)16-6-4-3-5-7-16/h3-9,17,19H,2,10-15H2,1H3. The summed E-state index contributed by atoms with van der Waals surface area (Å²) in [6.45, 7) is 4.04. The Morgan fingerprint density at radius 1 is 1.19 bits per heavy atom. The molecule has 1 saturated heterocycles. The lowest BCUT2D eigenvalue weighted by molar-refractivity contribution is -0.145. The number of halogens is 1. The highest BCUT2D eigenvalue weighted by Gasteiger charge is 2.37. The van der Waals surface area contributed by atoms with Crippen molar-refractivity contribution in [1.29, 1.82) is 0 Å². The van der Waals surface area contributed by atoms with Crippen LogP contribution in [0.5, 0.6) is 0 Å². The second kappa shape index (κ2) is 9.83. The van der Waals surface area contributed by atoms with Gasteiger partial charge in [0.25, 0.3) is 11.8 Å². The van der Waals surface area contributed by atoms with Crippen LogP contribution in [0.15, 0.2) is 47.6 Å². The van der Waals surface area contributed by atoms with E-state index >= 15 is 0 Å². The van der Waals surface area contributed by atoms with Crippen molar-refractivity contribution in [2.24, 2.45) is 5.16 Å². The first-order valence-electron chi connectivity index (χ1n) is 10.7. The predicted octanol–water partition coefficient (Wildman–Crippen LogP) is 4.44. The normalized spacial score (nSPS) is 19.1. The van der Waals surface area contributed by atoms with Gasteiger partial charge in [-0.2, -0.15) is 0 Å². The number of hydrogen-bond acceptors (Lipinski definition) is 5. The molecule has 6 nitrogen and oxygen atoms in total. The van der Waals surface area contributed by atoms with Crippen molar-refractivity contribution in [3.05, 3.63) is 57.2 Å². The van der Waals surface area contributed by atoms with Crippen molar-refractivity contribution < 1.29 is 14.4 Å². The van der Waals surface area contributed by atoms with Crippen LogP contribution in [0.2, 0.25) is 4.34 Å². The van der Waals surface area contributed by atoms with E-state index in [1.807, 2.05) is 52.3 Å². The molecule has 2 aliphatic heterocycles. The van der Waals surface area contributed by atoms with Gasteiger partial charge in [-0.25, -0.2) is 0 Å². The average Bonchev–Trinajstić information content (AvgIpc) is 3.46. The highest BCUT2D eigenvalue weighted by Crippen LogP contribution is 2.28. The molecule has 0 aliphatic carbocycles. The topological polar surface area (TPSA) is 62.2 Å². The molecule has 2 aliphatic rings. The van der Waals surface area contributed by atoms with Gasteiger partial charge in [-0.1, -0.05) is 41.9 Å². The van der Waals surface area contributed by atoms with E-state index in [0.717, 1.165) is 29.9 Å². The van der Waals surface area contributed by atoms with Crippen LogP contribution in [-0.2, 0) is 9.63 Å². The van der Waals surface area contributed by atoms with E-state index in [1.54, 1.807) is 0 Å². The van der Waals surface area contributed by atoms with Crippen molar-refractivity contribution >= 4 is 40.5 Å². The van der Waals surface area contributed by atoms with E-state index in [-0.39, 0.29) is 17.9 Å². The number of thiophene rings is 1. The fourth-order valence-electron chi connectivity index (χ4n) is 4.17. The molecule has 2 amide bonds. The number of piperidine rings is 1. The summed E-state index contributed by atoms with van der Waals surface area (Å²) in [6, 6.07) is 13.2. The maximum atomic E-state index is 13.3. The van der Waals surface area contributed by atoms with Crippen molar-refractivity contribution in [2.75, 3.05) is 19.6 Å². The Labute approximate surface area is 191 Å². The van der Waals surface area contributed by atoms with Crippen LogP contribution in [0.3, 0.4) is 0 Å². The lowest BCUT2D eigenvalue weighted by atomic mass is 10.00. The zero-order chi connectivity index (χ0) is 21.8. The summed E-state index contributed by atoms with van der Waals surface area (Å²) in [5.74, 6) is 0.0373. The van der Waals surface area contributed by atoms with Crippen molar-refractivity contribution in [3.63, 3.8) is 0 Å². The summed E-state index contributed by atoms with van der Waals surface area (Å²) in [5, 5.41) is 4.15. The lowest BCUT2D eigenvalue weighted by Gasteiger charge is -2.39. The summed E-state index contributed by atoms with van der Waals surface area (Å²) < 4.78 is 0.692. The molecule has 31 heavy (non-hydrogen) atoms. The minimum atomic E-state index is -0.591. The molecule has 2 aromatic rings. The second-order valence-corrected chi connectivity index (χ2v) is 9.58. The van der Waals surface area contributed by atoms with Crippen LogP contribution in [0.1, 0.15) is 47.8 Å². The van der Waals surface area contributed by atoms with Crippen LogP contribution in [0, 0.1) is 0 Å². The molecular weight excluding hydrogens is 434 g/mol. The van der Waals surface area contributed by atoms with E-state index in [0.29, 0.717) is 36.0 Å². The number of nitrogens with zero attached hydrogens (tertiary/aromatic N) is 3. The van der Waals surface area contributed by atoms with Crippen LogP contribution in [0.4, 0.5) is 0 Å². The molecule has 8 heteroatoms. The summed E-state index contributed by atoms with van der Waals surface area (Å²) in [7, 11) is 0. The van der Waals surface area contributed by atoms with Crippen molar-refractivity contribution in [3.8, 4) is 0 Å². The minimum Gasteiger partial charge on any atom is -0.382 e. The molecule has 164 valence electrons. The molecular formula is C23H26ClN3O3S. The van der Waals surface area contributed by atoms with Crippen LogP contribution < -0.4 is 0 Å². The molecule has 1 aromatic heterocycles. The number of carbonyl (C=O) groups is 2. The molecule has 3 heterocycles. The first-order valence-corrected chi connectivity index (χ1v) is 11.9. The zero-order valence-electron chi connectivity index (χ0n) is 17.5. The van der Waals surface area contributed by atoms with E-state index in [4.69, 9.17) is 16.4 Å². The Kier molecular flexibility index (Phi) is 6.92. The Bertz CT molecular complexity index is 954. The van der Waals surface area contributed by atoms with E-state index in [1.165, 1.54) is 11.3 Å². The summed E-state index contributed by atoms with van der Waals surface area (Å²) in [5.41, 5.74) is 1.48. The van der Waals surface area contributed by atoms with Crippen LogP contribution >= 0.6 is 22.9 Å². The molecule has 0 spiro atoms. The average molecular weight is 460 g/mol. The van der Waals surface area contributed by atoms with E-state index < -0.39 is 6.10 Å². The fraction of sp³-hybridized carbons (Fsp3) is 0.435. The van der Waals surface area contributed by atoms with Gasteiger partial charge in [-0.05, 0) is 43.5 Å². The van der Waals surface area contributed by atoms with Crippen LogP contribution in [-0.4, -0.2) is 59.1 Å². The molecule has 0 bridgehead atoms. The molecule has 0 radical (unpaired) electrons. The number of benzene rings is 1. The fourth-order valence-corrected chi connectivity index (χ4v) is 5.20. The second-order valence-electron chi connectivity index (χ2n) is 7.86. The summed E-state index contributed by atoms with van der Waals surface area (Å²) in [6.07, 6.45) is 2.28.